The highest BCUT2D eigenvalue weighted by molar-refractivity contribution is 7.99. The van der Waals surface area contributed by atoms with Gasteiger partial charge in [-0.1, -0.05) is 12.1 Å². The van der Waals surface area contributed by atoms with E-state index in [2.05, 4.69) is 10.3 Å². The zero-order valence-electron chi connectivity index (χ0n) is 12.1. The van der Waals surface area contributed by atoms with Crippen LogP contribution in [0.25, 0.3) is 0 Å². The summed E-state index contributed by atoms with van der Waals surface area (Å²) in [6, 6.07) is 9.40. The molecule has 0 radical (unpaired) electrons. The fourth-order valence-electron chi connectivity index (χ4n) is 1.77. The van der Waals surface area contributed by atoms with Gasteiger partial charge in [-0.25, -0.2) is 4.98 Å². The lowest BCUT2D eigenvalue weighted by Gasteiger charge is -2.12. The Morgan fingerprint density at radius 3 is 2.70 bits per heavy atom. The Bertz CT molecular complexity index is 692. The summed E-state index contributed by atoms with van der Waals surface area (Å²) in [4.78, 5) is 16.5. The molecule has 2 aromatic rings. The number of carbonyl (C=O) groups excluding carboxylic acids is 1. The molecule has 1 heterocycles. The number of amides is 1. The minimum absolute atomic E-state index is 0.144. The zero-order valence-corrected chi connectivity index (χ0v) is 12.9. The summed E-state index contributed by atoms with van der Waals surface area (Å²) < 4.78 is 42.1. The fourth-order valence-corrected chi connectivity index (χ4v) is 2.54. The van der Waals surface area contributed by atoms with Gasteiger partial charge in [0.15, 0.2) is 0 Å². The smallest absolute Gasteiger partial charge is 0.398 e. The molecule has 1 aromatic carbocycles. The summed E-state index contributed by atoms with van der Waals surface area (Å²) in [7, 11) is 1.38. The number of nitrogens with zero attached hydrogens (tertiary/aromatic N) is 1. The number of hydrogen-bond donors (Lipinski definition) is 1. The van der Waals surface area contributed by atoms with Gasteiger partial charge in [0.2, 0.25) is 5.88 Å². The molecule has 23 heavy (non-hydrogen) atoms. The Morgan fingerprint density at radius 2 is 2.00 bits per heavy atom. The third kappa shape index (κ3) is 4.88. The number of alkyl halides is 3. The summed E-state index contributed by atoms with van der Waals surface area (Å²) in [5, 5.41) is 2.59. The minimum atomic E-state index is -4.28. The predicted molar refractivity (Wildman–Crippen MR) is 82.0 cm³/mol. The number of rotatable bonds is 5. The molecule has 0 saturated carbocycles. The first-order chi connectivity index (χ1) is 10.9. The maximum atomic E-state index is 12.4. The van der Waals surface area contributed by atoms with Crippen LogP contribution in [0, 0.1) is 0 Å². The number of thioether (sulfide) groups is 1. The number of para-hydroxylation sites is 1. The Morgan fingerprint density at radius 1 is 1.26 bits per heavy atom. The molecule has 4 nitrogen and oxygen atoms in total. The number of halogens is 3. The highest BCUT2D eigenvalue weighted by Gasteiger charge is 2.27. The quantitative estimate of drug-likeness (QED) is 0.835. The standard InChI is InChI=1S/C15H13F3N2O2S/c1-22-14-10(5-4-8-19-14)13(21)20-11-6-2-3-7-12(11)23-9-15(16,17)18/h2-8H,9H2,1H3,(H,20,21). The number of pyridine rings is 1. The Hall–Kier alpha value is -2.22. The maximum absolute atomic E-state index is 12.4. The van der Waals surface area contributed by atoms with Gasteiger partial charge in [0, 0.05) is 11.1 Å². The highest BCUT2D eigenvalue weighted by atomic mass is 32.2. The van der Waals surface area contributed by atoms with Crippen LogP contribution in [-0.2, 0) is 0 Å². The number of nitrogens with one attached hydrogen (secondary N) is 1. The van der Waals surface area contributed by atoms with Crippen molar-refractivity contribution in [2.45, 2.75) is 11.1 Å². The topological polar surface area (TPSA) is 51.2 Å². The van der Waals surface area contributed by atoms with Gasteiger partial charge in [-0.3, -0.25) is 4.79 Å². The number of carbonyl (C=O) groups is 1. The molecule has 0 aliphatic carbocycles. The molecule has 0 saturated heterocycles. The highest BCUT2D eigenvalue weighted by Crippen LogP contribution is 2.32. The average Bonchev–Trinajstić information content (AvgIpc) is 2.53. The van der Waals surface area contributed by atoms with E-state index in [-0.39, 0.29) is 11.4 Å². The molecule has 0 bridgehead atoms. The van der Waals surface area contributed by atoms with Crippen molar-refractivity contribution in [2.24, 2.45) is 0 Å². The molecule has 8 heteroatoms. The molecule has 0 fully saturated rings. The maximum Gasteiger partial charge on any atom is 0.398 e. The van der Waals surface area contributed by atoms with Crippen LogP contribution in [0.15, 0.2) is 47.5 Å². The van der Waals surface area contributed by atoms with Crippen molar-refractivity contribution in [1.82, 2.24) is 4.98 Å². The third-order valence-electron chi connectivity index (χ3n) is 2.74. The van der Waals surface area contributed by atoms with Crippen molar-refractivity contribution in [3.63, 3.8) is 0 Å². The lowest BCUT2D eigenvalue weighted by molar-refractivity contribution is -0.105. The van der Waals surface area contributed by atoms with Crippen molar-refractivity contribution in [3.8, 4) is 5.88 Å². The number of benzene rings is 1. The van der Waals surface area contributed by atoms with E-state index < -0.39 is 17.8 Å². The van der Waals surface area contributed by atoms with Crippen LogP contribution in [0.3, 0.4) is 0 Å². The van der Waals surface area contributed by atoms with Crippen molar-refractivity contribution in [3.05, 3.63) is 48.2 Å². The molecule has 2 rings (SSSR count). The van der Waals surface area contributed by atoms with Gasteiger partial charge in [0.25, 0.3) is 5.91 Å². The number of aromatic nitrogens is 1. The summed E-state index contributed by atoms with van der Waals surface area (Å²) >= 11 is 0.615. The van der Waals surface area contributed by atoms with Crippen LogP contribution < -0.4 is 10.1 Å². The Kier molecular flexibility index (Phi) is 5.49. The molecule has 0 unspecified atom stereocenters. The second-order valence-corrected chi connectivity index (χ2v) is 5.43. The van der Waals surface area contributed by atoms with Gasteiger partial charge in [-0.15, -0.1) is 11.8 Å². The predicted octanol–water partition coefficient (Wildman–Crippen LogP) is 4.00. The van der Waals surface area contributed by atoms with Gasteiger partial charge in [-0.2, -0.15) is 13.2 Å². The molecule has 0 atom stereocenters. The van der Waals surface area contributed by atoms with E-state index >= 15 is 0 Å². The van der Waals surface area contributed by atoms with E-state index in [1.165, 1.54) is 25.4 Å². The van der Waals surface area contributed by atoms with Crippen molar-refractivity contribution >= 4 is 23.4 Å². The van der Waals surface area contributed by atoms with Crippen LogP contribution >= 0.6 is 11.8 Å². The first kappa shape index (κ1) is 17.1. The average molecular weight is 342 g/mol. The second-order valence-electron chi connectivity index (χ2n) is 4.41. The van der Waals surface area contributed by atoms with E-state index in [1.807, 2.05) is 0 Å². The van der Waals surface area contributed by atoms with Crippen LogP contribution in [-0.4, -0.2) is 29.9 Å². The lowest BCUT2D eigenvalue weighted by Crippen LogP contribution is -2.15. The first-order valence-corrected chi connectivity index (χ1v) is 7.48. The molecular weight excluding hydrogens is 329 g/mol. The molecular formula is C15H13F3N2O2S. The van der Waals surface area contributed by atoms with E-state index in [1.54, 1.807) is 24.3 Å². The lowest BCUT2D eigenvalue weighted by atomic mass is 10.2. The van der Waals surface area contributed by atoms with Crippen molar-refractivity contribution in [1.29, 1.82) is 0 Å². The summed E-state index contributed by atoms with van der Waals surface area (Å²) in [5.41, 5.74) is 0.503. The third-order valence-corrected chi connectivity index (χ3v) is 3.87. The zero-order chi connectivity index (χ0) is 16.9. The van der Waals surface area contributed by atoms with Gasteiger partial charge in [0.1, 0.15) is 5.56 Å². The van der Waals surface area contributed by atoms with E-state index in [4.69, 9.17) is 4.74 Å². The van der Waals surface area contributed by atoms with Crippen LogP contribution in [0.2, 0.25) is 0 Å². The number of methoxy groups -OCH3 is 1. The van der Waals surface area contributed by atoms with Gasteiger partial charge < -0.3 is 10.1 Å². The van der Waals surface area contributed by atoms with Gasteiger partial charge >= 0.3 is 6.18 Å². The number of ether oxygens (including phenoxy) is 1. The summed E-state index contributed by atoms with van der Waals surface area (Å²) in [5.74, 6) is -1.39. The van der Waals surface area contributed by atoms with Crippen molar-refractivity contribution < 1.29 is 22.7 Å². The molecule has 1 aromatic heterocycles. The van der Waals surface area contributed by atoms with E-state index in [0.29, 0.717) is 22.3 Å². The van der Waals surface area contributed by atoms with Crippen molar-refractivity contribution in [2.75, 3.05) is 18.2 Å². The normalized spacial score (nSPS) is 11.1. The van der Waals surface area contributed by atoms with Gasteiger partial charge in [0.05, 0.1) is 18.6 Å². The number of hydrogen-bond acceptors (Lipinski definition) is 4. The minimum Gasteiger partial charge on any atom is -0.480 e. The summed E-state index contributed by atoms with van der Waals surface area (Å²) in [6.07, 6.45) is -2.81. The SMILES string of the molecule is COc1ncccc1C(=O)Nc1ccccc1SCC(F)(F)F. The second kappa shape index (κ2) is 7.36. The van der Waals surface area contributed by atoms with Crippen LogP contribution in [0.4, 0.5) is 18.9 Å². The fraction of sp³-hybridized carbons (Fsp3) is 0.200. The molecule has 1 amide bonds. The Balaban J connectivity index is 2.18. The monoisotopic (exact) mass is 342 g/mol. The van der Waals surface area contributed by atoms with Gasteiger partial charge in [-0.05, 0) is 24.3 Å². The van der Waals surface area contributed by atoms with Crippen LogP contribution in [0.5, 0.6) is 5.88 Å². The number of anilines is 1. The summed E-state index contributed by atoms with van der Waals surface area (Å²) in [6.45, 7) is 0. The largest absolute Gasteiger partial charge is 0.480 e. The molecule has 122 valence electrons. The molecule has 0 spiro atoms. The van der Waals surface area contributed by atoms with E-state index in [9.17, 15) is 18.0 Å². The Labute approximate surface area is 135 Å². The van der Waals surface area contributed by atoms with E-state index in [0.717, 1.165) is 0 Å². The molecule has 0 aliphatic heterocycles. The molecule has 1 N–H and O–H groups in total. The molecule has 0 aliphatic rings. The van der Waals surface area contributed by atoms with Crippen LogP contribution in [0.1, 0.15) is 10.4 Å². The first-order valence-electron chi connectivity index (χ1n) is 6.49.